The lowest BCUT2D eigenvalue weighted by atomic mass is 9.74. The van der Waals surface area contributed by atoms with Gasteiger partial charge in [-0.2, -0.15) is 0 Å². The predicted octanol–water partition coefficient (Wildman–Crippen LogP) is 2.79. The average molecular weight is 231 g/mol. The van der Waals surface area contributed by atoms with E-state index in [4.69, 9.17) is 4.74 Å². The van der Waals surface area contributed by atoms with E-state index in [1.165, 1.54) is 31.2 Å². The van der Waals surface area contributed by atoms with Crippen molar-refractivity contribution in [2.75, 3.05) is 20.2 Å². The van der Waals surface area contributed by atoms with Crippen LogP contribution in [-0.4, -0.2) is 31.1 Å². The SMILES string of the molecule is CN1CCOC2(c3ccccc3)CCCCC12. The second-order valence-corrected chi connectivity index (χ2v) is 5.35. The molecule has 2 aliphatic rings. The minimum atomic E-state index is -0.0352. The van der Waals surface area contributed by atoms with E-state index in [2.05, 4.69) is 42.3 Å². The Morgan fingerprint density at radius 3 is 2.88 bits per heavy atom. The molecule has 1 saturated carbocycles. The minimum Gasteiger partial charge on any atom is -0.367 e. The van der Waals surface area contributed by atoms with Gasteiger partial charge in [-0.3, -0.25) is 4.90 Å². The molecule has 0 radical (unpaired) electrons. The van der Waals surface area contributed by atoms with Crippen molar-refractivity contribution < 1.29 is 4.74 Å². The summed E-state index contributed by atoms with van der Waals surface area (Å²) >= 11 is 0. The van der Waals surface area contributed by atoms with Gasteiger partial charge in [-0.05, 0) is 25.5 Å². The first kappa shape index (κ1) is 11.2. The van der Waals surface area contributed by atoms with Gasteiger partial charge in [0.15, 0.2) is 0 Å². The molecular weight excluding hydrogens is 210 g/mol. The third-order valence-electron chi connectivity index (χ3n) is 4.41. The molecule has 0 spiro atoms. The van der Waals surface area contributed by atoms with Gasteiger partial charge in [-0.1, -0.05) is 43.2 Å². The third kappa shape index (κ3) is 1.80. The quantitative estimate of drug-likeness (QED) is 0.737. The molecule has 2 fully saturated rings. The summed E-state index contributed by atoms with van der Waals surface area (Å²) in [5.41, 5.74) is 1.34. The van der Waals surface area contributed by atoms with Crippen LogP contribution < -0.4 is 0 Å². The largest absolute Gasteiger partial charge is 0.367 e. The molecule has 17 heavy (non-hydrogen) atoms. The van der Waals surface area contributed by atoms with Crippen LogP contribution in [0, 0.1) is 0 Å². The molecule has 3 rings (SSSR count). The highest BCUT2D eigenvalue weighted by Gasteiger charge is 2.47. The van der Waals surface area contributed by atoms with Crippen LogP contribution >= 0.6 is 0 Å². The van der Waals surface area contributed by atoms with Crippen molar-refractivity contribution in [2.45, 2.75) is 37.3 Å². The van der Waals surface area contributed by atoms with E-state index in [9.17, 15) is 0 Å². The number of nitrogens with zero attached hydrogens (tertiary/aromatic N) is 1. The first-order chi connectivity index (χ1) is 8.33. The number of benzene rings is 1. The molecular formula is C15H21NO. The molecule has 1 aliphatic heterocycles. The van der Waals surface area contributed by atoms with Gasteiger partial charge in [0.2, 0.25) is 0 Å². The fourth-order valence-corrected chi connectivity index (χ4v) is 3.54. The Hall–Kier alpha value is -0.860. The van der Waals surface area contributed by atoms with Gasteiger partial charge >= 0.3 is 0 Å². The lowest BCUT2D eigenvalue weighted by Gasteiger charge is -2.51. The van der Waals surface area contributed by atoms with Gasteiger partial charge in [0.1, 0.15) is 5.60 Å². The molecule has 0 aromatic heterocycles. The first-order valence-electron chi connectivity index (χ1n) is 6.73. The molecule has 0 bridgehead atoms. The predicted molar refractivity (Wildman–Crippen MR) is 69.0 cm³/mol. The maximum absolute atomic E-state index is 6.28. The minimum absolute atomic E-state index is 0.0352. The summed E-state index contributed by atoms with van der Waals surface area (Å²) in [4.78, 5) is 2.50. The zero-order chi connectivity index (χ0) is 11.7. The lowest BCUT2D eigenvalue weighted by molar-refractivity contribution is -0.165. The molecule has 2 heteroatoms. The van der Waals surface area contributed by atoms with Crippen molar-refractivity contribution >= 4 is 0 Å². The Morgan fingerprint density at radius 1 is 1.24 bits per heavy atom. The normalized spacial score (nSPS) is 34.3. The van der Waals surface area contributed by atoms with Gasteiger partial charge in [0, 0.05) is 12.6 Å². The standard InChI is InChI=1S/C15H21NO/c1-16-11-12-17-15(10-6-5-9-14(15)16)13-7-3-2-4-8-13/h2-4,7-8,14H,5-6,9-12H2,1H3. The van der Waals surface area contributed by atoms with Crippen molar-refractivity contribution in [3.05, 3.63) is 35.9 Å². The summed E-state index contributed by atoms with van der Waals surface area (Å²) in [6.45, 7) is 1.93. The van der Waals surface area contributed by atoms with Crippen LogP contribution in [0.4, 0.5) is 0 Å². The Labute approximate surface area is 104 Å². The molecule has 92 valence electrons. The van der Waals surface area contributed by atoms with E-state index in [1.54, 1.807) is 0 Å². The van der Waals surface area contributed by atoms with E-state index in [1.807, 2.05) is 0 Å². The lowest BCUT2D eigenvalue weighted by Crippen LogP contribution is -2.57. The number of ether oxygens (including phenoxy) is 1. The van der Waals surface area contributed by atoms with Gasteiger partial charge in [0.25, 0.3) is 0 Å². The summed E-state index contributed by atoms with van der Waals surface area (Å²) < 4.78 is 6.28. The average Bonchev–Trinajstić information content (AvgIpc) is 2.40. The summed E-state index contributed by atoms with van der Waals surface area (Å²) in [5, 5.41) is 0. The van der Waals surface area contributed by atoms with Gasteiger partial charge in [-0.15, -0.1) is 0 Å². The third-order valence-corrected chi connectivity index (χ3v) is 4.41. The van der Waals surface area contributed by atoms with E-state index in [0.29, 0.717) is 6.04 Å². The number of rotatable bonds is 1. The topological polar surface area (TPSA) is 12.5 Å². The van der Waals surface area contributed by atoms with E-state index >= 15 is 0 Å². The number of morpholine rings is 1. The van der Waals surface area contributed by atoms with Crippen molar-refractivity contribution in [1.29, 1.82) is 0 Å². The maximum atomic E-state index is 6.28. The van der Waals surface area contributed by atoms with Crippen LogP contribution in [0.2, 0.25) is 0 Å². The Kier molecular flexibility index (Phi) is 2.93. The number of hydrogen-bond donors (Lipinski definition) is 0. The van der Waals surface area contributed by atoms with Crippen molar-refractivity contribution in [3.8, 4) is 0 Å². The molecule has 0 amide bonds. The van der Waals surface area contributed by atoms with Crippen LogP contribution in [0.5, 0.6) is 0 Å². The van der Waals surface area contributed by atoms with Crippen molar-refractivity contribution in [1.82, 2.24) is 4.90 Å². The van der Waals surface area contributed by atoms with Gasteiger partial charge in [0.05, 0.1) is 6.61 Å². The summed E-state index contributed by atoms with van der Waals surface area (Å²) in [5.74, 6) is 0. The smallest absolute Gasteiger partial charge is 0.109 e. The van der Waals surface area contributed by atoms with Crippen LogP contribution in [-0.2, 0) is 10.3 Å². The highest BCUT2D eigenvalue weighted by Crippen LogP contribution is 2.44. The van der Waals surface area contributed by atoms with Crippen LogP contribution in [0.3, 0.4) is 0 Å². The van der Waals surface area contributed by atoms with Crippen molar-refractivity contribution in [2.24, 2.45) is 0 Å². The Morgan fingerprint density at radius 2 is 2.06 bits per heavy atom. The van der Waals surface area contributed by atoms with E-state index in [0.717, 1.165) is 13.2 Å². The molecule has 1 aliphatic carbocycles. The molecule has 2 unspecified atom stereocenters. The number of hydrogen-bond acceptors (Lipinski definition) is 2. The van der Waals surface area contributed by atoms with E-state index in [-0.39, 0.29) is 5.60 Å². The van der Waals surface area contributed by atoms with Gasteiger partial charge < -0.3 is 4.74 Å². The van der Waals surface area contributed by atoms with Crippen LogP contribution in [0.15, 0.2) is 30.3 Å². The number of fused-ring (bicyclic) bond motifs is 1. The Balaban J connectivity index is 2.01. The molecule has 1 heterocycles. The molecule has 0 N–H and O–H groups in total. The van der Waals surface area contributed by atoms with Crippen LogP contribution in [0.25, 0.3) is 0 Å². The van der Waals surface area contributed by atoms with Crippen molar-refractivity contribution in [3.63, 3.8) is 0 Å². The summed E-state index contributed by atoms with van der Waals surface area (Å²) in [7, 11) is 2.25. The Bertz CT molecular complexity index is 374. The maximum Gasteiger partial charge on any atom is 0.109 e. The highest BCUT2D eigenvalue weighted by molar-refractivity contribution is 5.26. The highest BCUT2D eigenvalue weighted by atomic mass is 16.5. The zero-order valence-electron chi connectivity index (χ0n) is 10.6. The fraction of sp³-hybridized carbons (Fsp3) is 0.600. The molecule has 2 atom stereocenters. The van der Waals surface area contributed by atoms with Gasteiger partial charge in [-0.25, -0.2) is 0 Å². The fourth-order valence-electron chi connectivity index (χ4n) is 3.54. The molecule has 1 aromatic rings. The summed E-state index contributed by atoms with van der Waals surface area (Å²) in [6.07, 6.45) is 5.07. The molecule has 2 nitrogen and oxygen atoms in total. The number of likely N-dealkylation sites (N-methyl/N-ethyl adjacent to an activating group) is 1. The van der Waals surface area contributed by atoms with E-state index < -0.39 is 0 Å². The van der Waals surface area contributed by atoms with Crippen LogP contribution in [0.1, 0.15) is 31.2 Å². The summed E-state index contributed by atoms with van der Waals surface area (Å²) in [6, 6.07) is 11.4. The first-order valence-corrected chi connectivity index (χ1v) is 6.73. The zero-order valence-corrected chi connectivity index (χ0v) is 10.6. The molecule has 1 saturated heterocycles. The second kappa shape index (κ2) is 4.43. The second-order valence-electron chi connectivity index (χ2n) is 5.35. The monoisotopic (exact) mass is 231 g/mol. The molecule has 1 aromatic carbocycles.